The van der Waals surface area contributed by atoms with Crippen LogP contribution < -0.4 is 18.9 Å². The number of methoxy groups -OCH3 is 2. The third-order valence-corrected chi connectivity index (χ3v) is 7.00. The molecule has 196 valence electrons. The molecular formula is C28H26N2O7S. The van der Waals surface area contributed by atoms with Gasteiger partial charge in [-0.05, 0) is 30.2 Å². The van der Waals surface area contributed by atoms with Gasteiger partial charge in [-0.1, -0.05) is 37.3 Å². The maximum Gasteiger partial charge on any atom is 0.348 e. The maximum atomic E-state index is 13.5. The minimum Gasteiger partial charge on any atom is -0.604 e. The van der Waals surface area contributed by atoms with Gasteiger partial charge in [0.2, 0.25) is 11.5 Å². The first-order valence-corrected chi connectivity index (χ1v) is 12.9. The lowest BCUT2D eigenvalue weighted by atomic mass is 9.97. The van der Waals surface area contributed by atoms with Gasteiger partial charge in [0.1, 0.15) is 0 Å². The van der Waals surface area contributed by atoms with Crippen molar-refractivity contribution in [2.45, 2.75) is 36.2 Å². The van der Waals surface area contributed by atoms with Crippen LogP contribution >= 0.6 is 0 Å². The Morgan fingerprint density at radius 3 is 2.08 bits per heavy atom. The Hall–Kier alpha value is -4.15. The number of esters is 2. The monoisotopic (exact) mass is 534 g/mol. The predicted octanol–water partition coefficient (Wildman–Crippen LogP) is 4.84. The number of hydrogen-bond acceptors (Lipinski definition) is 9. The van der Waals surface area contributed by atoms with Crippen molar-refractivity contribution < 1.29 is 33.1 Å². The lowest BCUT2D eigenvalue weighted by Crippen LogP contribution is -2.19. The fourth-order valence-electron chi connectivity index (χ4n) is 4.07. The van der Waals surface area contributed by atoms with Gasteiger partial charge < -0.3 is 23.5 Å². The molecule has 9 nitrogen and oxygen atoms in total. The molecule has 0 radical (unpaired) electrons. The standard InChI is InChI=1S/C28H26N2O7S/c1-5-20(18-10-7-6-8-11-18)27(32)37-24-22-16-19(38(33)28-29-14-9-15-30-28)12-13-21(22)23(36-17(2)31)25(34-3)26(24)35-4/h6-16,20H,5H2,1-4H3. The highest BCUT2D eigenvalue weighted by atomic mass is 32.2. The fourth-order valence-corrected chi connectivity index (χ4v) is 5.02. The Labute approximate surface area is 222 Å². The van der Waals surface area contributed by atoms with E-state index < -0.39 is 29.0 Å². The number of fused-ring (bicyclic) bond motifs is 1. The largest absolute Gasteiger partial charge is 0.604 e. The first-order valence-electron chi connectivity index (χ1n) is 11.7. The van der Waals surface area contributed by atoms with Crippen molar-refractivity contribution >= 4 is 33.9 Å². The lowest BCUT2D eigenvalue weighted by molar-refractivity contribution is -0.136. The molecule has 0 fully saturated rings. The molecule has 2 atom stereocenters. The molecule has 0 aliphatic rings. The van der Waals surface area contributed by atoms with Crippen LogP contribution in [0.5, 0.6) is 23.0 Å². The van der Waals surface area contributed by atoms with E-state index in [0.29, 0.717) is 22.1 Å². The van der Waals surface area contributed by atoms with Gasteiger partial charge in [-0.2, -0.15) is 9.97 Å². The highest BCUT2D eigenvalue weighted by Gasteiger charge is 2.30. The zero-order chi connectivity index (χ0) is 27.2. The summed E-state index contributed by atoms with van der Waals surface area (Å²) in [5, 5.41) is 0.835. The second-order valence-corrected chi connectivity index (χ2v) is 9.49. The minimum absolute atomic E-state index is 0.0439. The quantitative estimate of drug-likeness (QED) is 0.129. The molecule has 10 heteroatoms. The lowest BCUT2D eigenvalue weighted by Gasteiger charge is -2.21. The summed E-state index contributed by atoms with van der Waals surface area (Å²) in [4.78, 5) is 33.9. The summed E-state index contributed by atoms with van der Waals surface area (Å²) in [6, 6.07) is 15.7. The van der Waals surface area contributed by atoms with Crippen molar-refractivity contribution in [3.8, 4) is 23.0 Å². The van der Waals surface area contributed by atoms with Crippen LogP contribution in [-0.4, -0.2) is 40.7 Å². The van der Waals surface area contributed by atoms with Gasteiger partial charge in [-0.25, -0.2) is 0 Å². The average molecular weight is 535 g/mol. The molecule has 0 amide bonds. The van der Waals surface area contributed by atoms with Crippen molar-refractivity contribution in [2.24, 2.45) is 0 Å². The Bertz CT molecular complexity index is 1450. The molecule has 0 aliphatic heterocycles. The van der Waals surface area contributed by atoms with Crippen LogP contribution in [0.1, 0.15) is 31.7 Å². The van der Waals surface area contributed by atoms with Crippen LogP contribution in [0, 0.1) is 0 Å². The Kier molecular flexibility index (Phi) is 8.45. The van der Waals surface area contributed by atoms with E-state index in [2.05, 4.69) is 9.97 Å². The molecule has 0 saturated heterocycles. The molecule has 1 heterocycles. The normalized spacial score (nSPS) is 12.4. The SMILES string of the molecule is CCC(C(=O)Oc1c(OC)c(OC)c(OC(C)=O)c2ccc([S+]([O-])c3ncccn3)cc12)c1ccccc1. The third-order valence-electron chi connectivity index (χ3n) is 5.77. The maximum absolute atomic E-state index is 13.5. The van der Waals surface area contributed by atoms with Crippen LogP contribution in [0.25, 0.3) is 10.8 Å². The Balaban J connectivity index is 1.92. The van der Waals surface area contributed by atoms with E-state index in [-0.39, 0.29) is 28.2 Å². The van der Waals surface area contributed by atoms with Crippen molar-refractivity contribution in [1.82, 2.24) is 9.97 Å². The van der Waals surface area contributed by atoms with Gasteiger partial charge in [0.05, 0.1) is 31.3 Å². The summed E-state index contributed by atoms with van der Waals surface area (Å²) in [5.74, 6) is -1.41. The van der Waals surface area contributed by atoms with E-state index in [4.69, 9.17) is 18.9 Å². The molecule has 0 aliphatic carbocycles. The summed E-state index contributed by atoms with van der Waals surface area (Å²) in [6.07, 6.45) is 3.48. The van der Waals surface area contributed by atoms with Crippen LogP contribution in [0.3, 0.4) is 0 Å². The number of benzene rings is 3. The van der Waals surface area contributed by atoms with Crippen molar-refractivity contribution in [2.75, 3.05) is 14.2 Å². The minimum atomic E-state index is -1.74. The highest BCUT2D eigenvalue weighted by molar-refractivity contribution is 7.91. The Morgan fingerprint density at radius 2 is 1.50 bits per heavy atom. The van der Waals surface area contributed by atoms with E-state index in [0.717, 1.165) is 5.56 Å². The summed E-state index contributed by atoms with van der Waals surface area (Å²) < 4.78 is 35.9. The first-order chi connectivity index (χ1) is 18.4. The van der Waals surface area contributed by atoms with E-state index in [1.54, 1.807) is 24.3 Å². The predicted molar refractivity (Wildman–Crippen MR) is 140 cm³/mol. The summed E-state index contributed by atoms with van der Waals surface area (Å²) in [6.45, 7) is 3.15. The number of carbonyl (C=O) groups is 2. The zero-order valence-corrected chi connectivity index (χ0v) is 22.1. The van der Waals surface area contributed by atoms with Crippen LogP contribution in [0.2, 0.25) is 0 Å². The summed E-state index contributed by atoms with van der Waals surface area (Å²) >= 11 is -1.74. The van der Waals surface area contributed by atoms with Crippen LogP contribution in [-0.2, 0) is 20.8 Å². The van der Waals surface area contributed by atoms with E-state index in [1.807, 2.05) is 37.3 Å². The number of aromatic nitrogens is 2. The Morgan fingerprint density at radius 1 is 0.868 bits per heavy atom. The van der Waals surface area contributed by atoms with Gasteiger partial charge in [0.25, 0.3) is 0 Å². The number of rotatable bonds is 9. The molecule has 0 saturated carbocycles. The highest BCUT2D eigenvalue weighted by Crippen LogP contribution is 2.52. The molecule has 4 aromatic rings. The molecule has 2 unspecified atom stereocenters. The van der Waals surface area contributed by atoms with Gasteiger partial charge in [-0.3, -0.25) is 9.59 Å². The second-order valence-electron chi connectivity index (χ2n) is 8.12. The fraction of sp³-hybridized carbons (Fsp3) is 0.214. The molecule has 0 bridgehead atoms. The molecule has 0 spiro atoms. The van der Waals surface area contributed by atoms with Crippen molar-refractivity contribution in [3.05, 3.63) is 72.6 Å². The second kappa shape index (κ2) is 11.9. The van der Waals surface area contributed by atoms with Crippen molar-refractivity contribution in [3.63, 3.8) is 0 Å². The van der Waals surface area contributed by atoms with E-state index >= 15 is 0 Å². The van der Waals surface area contributed by atoms with Gasteiger partial charge in [-0.15, -0.1) is 0 Å². The number of carbonyl (C=O) groups excluding carboxylic acids is 2. The number of ether oxygens (including phenoxy) is 4. The molecule has 0 N–H and O–H groups in total. The van der Waals surface area contributed by atoms with Gasteiger partial charge in [0, 0.05) is 36.2 Å². The molecular weight excluding hydrogens is 508 g/mol. The van der Waals surface area contributed by atoms with E-state index in [9.17, 15) is 14.1 Å². The molecule has 3 aromatic carbocycles. The van der Waals surface area contributed by atoms with Gasteiger partial charge >= 0.3 is 17.1 Å². The zero-order valence-electron chi connectivity index (χ0n) is 21.3. The van der Waals surface area contributed by atoms with E-state index in [1.165, 1.54) is 33.5 Å². The van der Waals surface area contributed by atoms with Crippen molar-refractivity contribution in [1.29, 1.82) is 0 Å². The topological polar surface area (TPSA) is 120 Å². The smallest absolute Gasteiger partial charge is 0.348 e. The number of nitrogens with zero attached hydrogens (tertiary/aromatic N) is 2. The molecule has 1 aromatic heterocycles. The summed E-state index contributed by atoms with van der Waals surface area (Å²) in [7, 11) is 2.77. The van der Waals surface area contributed by atoms with Crippen LogP contribution in [0.15, 0.2) is 77.0 Å². The van der Waals surface area contributed by atoms with Gasteiger partial charge in [0.15, 0.2) is 16.4 Å². The first kappa shape index (κ1) is 26.9. The third kappa shape index (κ3) is 5.41. The number of hydrogen-bond donors (Lipinski definition) is 0. The van der Waals surface area contributed by atoms with Crippen LogP contribution in [0.4, 0.5) is 0 Å². The molecule has 38 heavy (non-hydrogen) atoms. The average Bonchev–Trinajstić information content (AvgIpc) is 2.94. The molecule has 4 rings (SSSR count). The summed E-state index contributed by atoms with van der Waals surface area (Å²) in [5.41, 5.74) is 0.801.